The lowest BCUT2D eigenvalue weighted by Crippen LogP contribution is -2.25. The molecule has 4 heteroatoms. The van der Waals surface area contributed by atoms with E-state index in [0.29, 0.717) is 12.5 Å². The van der Waals surface area contributed by atoms with E-state index in [1.165, 1.54) is 0 Å². The smallest absolute Gasteiger partial charge is 0.213 e. The largest absolute Gasteiger partial charge is 0.478 e. The number of nitrogens with two attached hydrogens (primary N) is 1. The molecule has 1 rings (SSSR count). The van der Waals surface area contributed by atoms with Crippen LogP contribution in [0.4, 0.5) is 0 Å². The van der Waals surface area contributed by atoms with Gasteiger partial charge in [0.05, 0.1) is 12.2 Å². The summed E-state index contributed by atoms with van der Waals surface area (Å²) < 4.78 is 10.9. The van der Waals surface area contributed by atoms with Crippen LogP contribution in [-0.4, -0.2) is 24.3 Å². The van der Waals surface area contributed by atoms with E-state index in [-0.39, 0.29) is 11.6 Å². The summed E-state index contributed by atoms with van der Waals surface area (Å²) in [5, 5.41) is 0. The van der Waals surface area contributed by atoms with Gasteiger partial charge in [-0.05, 0) is 26.3 Å². The molecule has 0 saturated carbocycles. The Labute approximate surface area is 103 Å². The second kappa shape index (κ2) is 5.98. The van der Waals surface area contributed by atoms with Crippen LogP contribution in [0.3, 0.4) is 0 Å². The predicted molar refractivity (Wildman–Crippen MR) is 68.0 cm³/mol. The lowest BCUT2D eigenvalue weighted by molar-refractivity contribution is 0.00508. The van der Waals surface area contributed by atoms with Crippen LogP contribution >= 0.6 is 0 Å². The molecule has 96 valence electrons. The van der Waals surface area contributed by atoms with E-state index in [1.54, 1.807) is 13.3 Å². The predicted octanol–water partition coefficient (Wildman–Crippen LogP) is 2.30. The summed E-state index contributed by atoms with van der Waals surface area (Å²) in [6.07, 6.45) is 2.57. The van der Waals surface area contributed by atoms with Gasteiger partial charge < -0.3 is 15.2 Å². The van der Waals surface area contributed by atoms with E-state index >= 15 is 0 Å². The second-order valence-electron chi connectivity index (χ2n) is 4.78. The Morgan fingerprint density at radius 1 is 1.41 bits per heavy atom. The van der Waals surface area contributed by atoms with Crippen LogP contribution in [0, 0.1) is 0 Å². The highest BCUT2D eigenvalue weighted by Crippen LogP contribution is 2.15. The van der Waals surface area contributed by atoms with Gasteiger partial charge in [0.2, 0.25) is 5.88 Å². The lowest BCUT2D eigenvalue weighted by atomic mass is 10.1. The maximum absolute atomic E-state index is 5.74. The molecule has 1 aromatic rings. The summed E-state index contributed by atoms with van der Waals surface area (Å²) in [6.45, 7) is 6.58. The Morgan fingerprint density at radius 2 is 2.12 bits per heavy atom. The molecule has 1 aromatic heterocycles. The summed E-state index contributed by atoms with van der Waals surface area (Å²) in [7, 11) is 1.70. The van der Waals surface area contributed by atoms with Gasteiger partial charge in [0.1, 0.15) is 0 Å². The summed E-state index contributed by atoms with van der Waals surface area (Å²) in [6, 6.07) is 3.79. The molecule has 0 bridgehead atoms. The number of rotatable bonds is 6. The van der Waals surface area contributed by atoms with Crippen molar-refractivity contribution >= 4 is 0 Å². The molecule has 1 heterocycles. The van der Waals surface area contributed by atoms with Crippen LogP contribution in [0.15, 0.2) is 18.3 Å². The Balaban J connectivity index is 2.42. The van der Waals surface area contributed by atoms with E-state index in [0.717, 1.165) is 12.0 Å². The molecule has 0 radical (unpaired) electrons. The van der Waals surface area contributed by atoms with Crippen LogP contribution in [0.2, 0.25) is 0 Å². The summed E-state index contributed by atoms with van der Waals surface area (Å²) in [5.74, 6) is 0.626. The first kappa shape index (κ1) is 13.9. The molecule has 0 amide bonds. The van der Waals surface area contributed by atoms with E-state index in [9.17, 15) is 0 Å². The van der Waals surface area contributed by atoms with Gasteiger partial charge in [0, 0.05) is 31.8 Å². The van der Waals surface area contributed by atoms with Crippen LogP contribution in [0.25, 0.3) is 0 Å². The molecule has 4 nitrogen and oxygen atoms in total. The third-order valence-corrected chi connectivity index (χ3v) is 2.79. The van der Waals surface area contributed by atoms with Crippen LogP contribution in [0.5, 0.6) is 5.88 Å². The lowest BCUT2D eigenvalue weighted by Gasteiger charge is -2.22. The van der Waals surface area contributed by atoms with Crippen molar-refractivity contribution in [1.29, 1.82) is 0 Å². The van der Waals surface area contributed by atoms with Gasteiger partial charge in [0.25, 0.3) is 0 Å². The van der Waals surface area contributed by atoms with Crippen LogP contribution in [0.1, 0.15) is 38.8 Å². The summed E-state index contributed by atoms with van der Waals surface area (Å²) >= 11 is 0. The SMILES string of the molecule is COC(C)(C)CCOc1ccc([C@@H](C)N)cn1. The molecule has 0 saturated heterocycles. The van der Waals surface area contributed by atoms with Gasteiger partial charge in [0.15, 0.2) is 0 Å². The van der Waals surface area contributed by atoms with Crippen LogP contribution < -0.4 is 10.5 Å². The van der Waals surface area contributed by atoms with E-state index in [1.807, 2.05) is 32.9 Å². The van der Waals surface area contributed by atoms with Crippen molar-refractivity contribution in [2.24, 2.45) is 5.73 Å². The summed E-state index contributed by atoms with van der Waals surface area (Å²) in [5.41, 5.74) is 6.59. The Hall–Kier alpha value is -1.13. The number of hydrogen-bond acceptors (Lipinski definition) is 4. The van der Waals surface area contributed by atoms with Gasteiger partial charge in [-0.2, -0.15) is 0 Å². The minimum absolute atomic E-state index is 0.00368. The quantitative estimate of drug-likeness (QED) is 0.826. The molecular formula is C13H22N2O2. The molecule has 2 N–H and O–H groups in total. The van der Waals surface area contributed by atoms with Crippen molar-refractivity contribution in [3.05, 3.63) is 23.9 Å². The molecule has 0 aliphatic carbocycles. The second-order valence-corrected chi connectivity index (χ2v) is 4.78. The standard InChI is InChI=1S/C13H22N2O2/c1-10(14)11-5-6-12(15-9-11)17-8-7-13(2,3)16-4/h5-6,9-10H,7-8,14H2,1-4H3/t10-/m1/s1. The number of ether oxygens (including phenoxy) is 2. The number of methoxy groups -OCH3 is 1. The molecule has 0 spiro atoms. The zero-order chi connectivity index (χ0) is 12.9. The Bertz CT molecular complexity index is 334. The first-order chi connectivity index (χ1) is 7.94. The molecule has 0 unspecified atom stereocenters. The number of aromatic nitrogens is 1. The number of nitrogens with zero attached hydrogens (tertiary/aromatic N) is 1. The van der Waals surface area contributed by atoms with Crippen LogP contribution in [-0.2, 0) is 4.74 Å². The minimum Gasteiger partial charge on any atom is -0.478 e. The molecule has 17 heavy (non-hydrogen) atoms. The zero-order valence-electron chi connectivity index (χ0n) is 11.1. The fraction of sp³-hybridized carbons (Fsp3) is 0.615. The van der Waals surface area contributed by atoms with Crippen molar-refractivity contribution < 1.29 is 9.47 Å². The van der Waals surface area contributed by atoms with E-state index in [2.05, 4.69) is 4.98 Å². The van der Waals surface area contributed by atoms with E-state index in [4.69, 9.17) is 15.2 Å². The fourth-order valence-electron chi connectivity index (χ4n) is 1.25. The molecule has 1 atom stereocenters. The number of pyridine rings is 1. The van der Waals surface area contributed by atoms with Gasteiger partial charge in [-0.15, -0.1) is 0 Å². The van der Waals surface area contributed by atoms with E-state index < -0.39 is 0 Å². The fourth-order valence-corrected chi connectivity index (χ4v) is 1.25. The highest BCUT2D eigenvalue weighted by atomic mass is 16.5. The maximum Gasteiger partial charge on any atom is 0.213 e. The third kappa shape index (κ3) is 4.71. The van der Waals surface area contributed by atoms with Crippen molar-refractivity contribution in [2.45, 2.75) is 38.8 Å². The van der Waals surface area contributed by atoms with Gasteiger partial charge in [-0.25, -0.2) is 4.98 Å². The average molecular weight is 238 g/mol. The topological polar surface area (TPSA) is 57.4 Å². The van der Waals surface area contributed by atoms with Crippen molar-refractivity contribution in [1.82, 2.24) is 4.98 Å². The van der Waals surface area contributed by atoms with Crippen molar-refractivity contribution in [2.75, 3.05) is 13.7 Å². The highest BCUT2D eigenvalue weighted by molar-refractivity contribution is 5.19. The molecule has 0 aromatic carbocycles. The van der Waals surface area contributed by atoms with Gasteiger partial charge in [-0.1, -0.05) is 6.07 Å². The summed E-state index contributed by atoms with van der Waals surface area (Å²) in [4.78, 5) is 4.20. The molecule has 0 fully saturated rings. The first-order valence-electron chi connectivity index (χ1n) is 5.84. The van der Waals surface area contributed by atoms with Crippen molar-refractivity contribution in [3.63, 3.8) is 0 Å². The third-order valence-electron chi connectivity index (χ3n) is 2.79. The normalized spacial score (nSPS) is 13.5. The zero-order valence-corrected chi connectivity index (χ0v) is 11.1. The highest BCUT2D eigenvalue weighted by Gasteiger charge is 2.16. The molecule has 0 aliphatic rings. The van der Waals surface area contributed by atoms with Gasteiger partial charge in [-0.3, -0.25) is 0 Å². The Morgan fingerprint density at radius 3 is 2.59 bits per heavy atom. The Kier molecular flexibility index (Phi) is 4.90. The average Bonchev–Trinajstić information content (AvgIpc) is 2.29. The van der Waals surface area contributed by atoms with Gasteiger partial charge >= 0.3 is 0 Å². The minimum atomic E-state index is -0.161. The monoisotopic (exact) mass is 238 g/mol. The number of hydrogen-bond donors (Lipinski definition) is 1. The van der Waals surface area contributed by atoms with Crippen molar-refractivity contribution in [3.8, 4) is 5.88 Å². The maximum atomic E-state index is 5.74. The first-order valence-corrected chi connectivity index (χ1v) is 5.84. The molecule has 0 aliphatic heterocycles. The molecular weight excluding hydrogens is 216 g/mol.